The Bertz CT molecular complexity index is 442. The number of hydrogen-bond acceptors (Lipinski definition) is 3. The van der Waals surface area contributed by atoms with Crippen molar-refractivity contribution in [2.45, 2.75) is 97.3 Å². The molecule has 0 aromatic rings. The van der Waals surface area contributed by atoms with Gasteiger partial charge in [0.1, 0.15) is 0 Å². The van der Waals surface area contributed by atoms with Gasteiger partial charge in [-0.05, 0) is 51.4 Å². The number of unbranched alkanes of at least 4 members (excludes halogenated alkanes) is 1. The Morgan fingerprint density at radius 3 is 2.21 bits per heavy atom. The number of piperidine rings is 1. The number of hydrogen-bond donors (Lipinski definition) is 0. The summed E-state index contributed by atoms with van der Waals surface area (Å²) in [4.78, 5) is 0. The standard InChI is InChI=1S/C19H39NO3S/c1-6-8-12-19(5,7-2)13-9-16-23-18-10-14-20(15-11-18)24(21,22)17(3)4/h17-18H,6-16H2,1-5H3. The lowest BCUT2D eigenvalue weighted by atomic mass is 9.78. The van der Waals surface area contributed by atoms with Crippen molar-refractivity contribution in [3.63, 3.8) is 0 Å². The molecule has 1 fully saturated rings. The molecular weight excluding hydrogens is 322 g/mol. The van der Waals surface area contributed by atoms with Crippen molar-refractivity contribution >= 4 is 10.0 Å². The molecule has 0 N–H and O–H groups in total. The van der Waals surface area contributed by atoms with E-state index in [9.17, 15) is 8.42 Å². The summed E-state index contributed by atoms with van der Waals surface area (Å²) < 4.78 is 32.0. The molecule has 144 valence electrons. The van der Waals surface area contributed by atoms with Crippen LogP contribution in [0.15, 0.2) is 0 Å². The number of nitrogens with zero attached hydrogens (tertiary/aromatic N) is 1. The molecule has 1 aliphatic rings. The van der Waals surface area contributed by atoms with Gasteiger partial charge >= 0.3 is 0 Å². The molecular formula is C19H39NO3S. The van der Waals surface area contributed by atoms with Crippen LogP contribution in [0.1, 0.15) is 86.0 Å². The van der Waals surface area contributed by atoms with Crippen LogP contribution in [0, 0.1) is 5.41 Å². The van der Waals surface area contributed by atoms with Gasteiger partial charge in [-0.15, -0.1) is 0 Å². The Hall–Kier alpha value is -0.130. The summed E-state index contributed by atoms with van der Waals surface area (Å²) in [6.45, 7) is 12.5. The van der Waals surface area contributed by atoms with Gasteiger partial charge in [-0.25, -0.2) is 12.7 Å². The van der Waals surface area contributed by atoms with Crippen molar-refractivity contribution in [1.82, 2.24) is 4.31 Å². The first-order valence-electron chi connectivity index (χ1n) is 9.85. The van der Waals surface area contributed by atoms with Gasteiger partial charge in [0.2, 0.25) is 10.0 Å². The third kappa shape index (κ3) is 6.64. The quantitative estimate of drug-likeness (QED) is 0.506. The second kappa shape index (κ2) is 10.1. The first-order chi connectivity index (χ1) is 11.2. The maximum atomic E-state index is 12.2. The number of sulfonamides is 1. The Morgan fingerprint density at radius 1 is 1.12 bits per heavy atom. The van der Waals surface area contributed by atoms with Gasteiger partial charge in [-0.2, -0.15) is 0 Å². The second-order valence-electron chi connectivity index (χ2n) is 7.93. The van der Waals surface area contributed by atoms with E-state index < -0.39 is 10.0 Å². The van der Waals surface area contributed by atoms with Crippen molar-refractivity contribution in [3.05, 3.63) is 0 Å². The largest absolute Gasteiger partial charge is 0.378 e. The van der Waals surface area contributed by atoms with Gasteiger partial charge in [-0.3, -0.25) is 0 Å². The predicted octanol–water partition coefficient (Wildman–Crippen LogP) is 4.59. The van der Waals surface area contributed by atoms with E-state index >= 15 is 0 Å². The Labute approximate surface area is 150 Å². The van der Waals surface area contributed by atoms with Crippen molar-refractivity contribution in [2.24, 2.45) is 5.41 Å². The molecule has 5 heteroatoms. The summed E-state index contributed by atoms with van der Waals surface area (Å²) in [7, 11) is -3.10. The molecule has 1 saturated heterocycles. The minimum absolute atomic E-state index is 0.229. The van der Waals surface area contributed by atoms with Gasteiger partial charge in [0.25, 0.3) is 0 Å². The highest BCUT2D eigenvalue weighted by Crippen LogP contribution is 2.33. The van der Waals surface area contributed by atoms with Crippen LogP contribution in [0.5, 0.6) is 0 Å². The molecule has 1 aliphatic heterocycles. The van der Waals surface area contributed by atoms with Crippen LogP contribution in [0.4, 0.5) is 0 Å². The van der Waals surface area contributed by atoms with E-state index in [4.69, 9.17) is 4.74 Å². The van der Waals surface area contributed by atoms with E-state index in [1.807, 2.05) is 0 Å². The zero-order valence-electron chi connectivity index (χ0n) is 16.5. The van der Waals surface area contributed by atoms with Gasteiger partial charge < -0.3 is 4.74 Å². The fourth-order valence-corrected chi connectivity index (χ4v) is 4.70. The lowest BCUT2D eigenvalue weighted by Gasteiger charge is -2.33. The van der Waals surface area contributed by atoms with E-state index in [2.05, 4.69) is 20.8 Å². The van der Waals surface area contributed by atoms with Crippen LogP contribution in [0.25, 0.3) is 0 Å². The van der Waals surface area contributed by atoms with Crippen LogP contribution < -0.4 is 0 Å². The van der Waals surface area contributed by atoms with Crippen LogP contribution >= 0.6 is 0 Å². The van der Waals surface area contributed by atoms with Crippen molar-refractivity contribution in [2.75, 3.05) is 19.7 Å². The van der Waals surface area contributed by atoms with Crippen LogP contribution in [-0.2, 0) is 14.8 Å². The summed E-state index contributed by atoms with van der Waals surface area (Å²) in [5, 5.41) is -0.329. The molecule has 0 bridgehead atoms. The van der Waals surface area contributed by atoms with Crippen molar-refractivity contribution in [3.8, 4) is 0 Å². The monoisotopic (exact) mass is 361 g/mol. The minimum Gasteiger partial charge on any atom is -0.378 e. The predicted molar refractivity (Wildman–Crippen MR) is 102 cm³/mol. The Kier molecular flexibility index (Phi) is 9.24. The molecule has 1 atom stereocenters. The average Bonchev–Trinajstić information content (AvgIpc) is 2.57. The summed E-state index contributed by atoms with van der Waals surface area (Å²) in [5.74, 6) is 0. The van der Waals surface area contributed by atoms with Crippen molar-refractivity contribution < 1.29 is 13.2 Å². The molecule has 0 radical (unpaired) electrons. The number of ether oxygens (including phenoxy) is 1. The van der Waals surface area contributed by atoms with Gasteiger partial charge in [-0.1, -0.05) is 40.0 Å². The van der Waals surface area contributed by atoms with Crippen LogP contribution in [0.2, 0.25) is 0 Å². The molecule has 1 rings (SSSR count). The summed E-state index contributed by atoms with van der Waals surface area (Å²) in [6, 6.07) is 0. The second-order valence-corrected chi connectivity index (χ2v) is 10.4. The van der Waals surface area contributed by atoms with Crippen molar-refractivity contribution in [1.29, 1.82) is 0 Å². The molecule has 0 saturated carbocycles. The average molecular weight is 362 g/mol. The Morgan fingerprint density at radius 2 is 1.71 bits per heavy atom. The SMILES string of the molecule is CCCCC(C)(CC)CCCOC1CCN(S(=O)(=O)C(C)C)CC1. The minimum atomic E-state index is -3.10. The Balaban J connectivity index is 2.27. The molecule has 0 spiro atoms. The highest BCUT2D eigenvalue weighted by Gasteiger charge is 2.30. The molecule has 0 aromatic heterocycles. The molecule has 0 aliphatic carbocycles. The maximum absolute atomic E-state index is 12.2. The zero-order valence-corrected chi connectivity index (χ0v) is 17.3. The van der Waals surface area contributed by atoms with E-state index in [1.54, 1.807) is 18.2 Å². The fraction of sp³-hybridized carbons (Fsp3) is 1.00. The smallest absolute Gasteiger partial charge is 0.216 e. The first-order valence-corrected chi connectivity index (χ1v) is 11.4. The fourth-order valence-electron chi connectivity index (χ4n) is 3.38. The normalized spacial score (nSPS) is 20.4. The molecule has 1 heterocycles. The molecule has 1 unspecified atom stereocenters. The summed E-state index contributed by atoms with van der Waals surface area (Å²) in [6.07, 6.45) is 9.34. The lowest BCUT2D eigenvalue weighted by Crippen LogP contribution is -2.43. The highest BCUT2D eigenvalue weighted by atomic mass is 32.2. The van der Waals surface area contributed by atoms with Gasteiger partial charge in [0.15, 0.2) is 0 Å². The van der Waals surface area contributed by atoms with Crippen LogP contribution in [0.3, 0.4) is 0 Å². The zero-order chi connectivity index (χ0) is 18.2. The topological polar surface area (TPSA) is 46.6 Å². The summed E-state index contributed by atoms with van der Waals surface area (Å²) >= 11 is 0. The lowest BCUT2D eigenvalue weighted by molar-refractivity contribution is 0.0149. The third-order valence-electron chi connectivity index (χ3n) is 5.62. The number of rotatable bonds is 11. The highest BCUT2D eigenvalue weighted by molar-refractivity contribution is 7.89. The first kappa shape index (κ1) is 21.9. The maximum Gasteiger partial charge on any atom is 0.216 e. The van der Waals surface area contributed by atoms with Gasteiger partial charge in [0.05, 0.1) is 11.4 Å². The molecule has 0 aromatic carbocycles. The summed E-state index contributed by atoms with van der Waals surface area (Å²) in [5.41, 5.74) is 0.452. The van der Waals surface area contributed by atoms with E-state index in [0.717, 1.165) is 25.9 Å². The van der Waals surface area contributed by atoms with Gasteiger partial charge in [0, 0.05) is 19.7 Å². The molecule has 0 amide bonds. The molecule has 24 heavy (non-hydrogen) atoms. The van der Waals surface area contributed by atoms with Crippen LogP contribution in [-0.4, -0.2) is 43.8 Å². The van der Waals surface area contributed by atoms with E-state index in [0.29, 0.717) is 18.5 Å². The molecule has 4 nitrogen and oxygen atoms in total. The van der Waals surface area contributed by atoms with E-state index in [-0.39, 0.29) is 11.4 Å². The van der Waals surface area contributed by atoms with E-state index in [1.165, 1.54) is 32.1 Å². The third-order valence-corrected chi connectivity index (χ3v) is 7.90.